The monoisotopic (exact) mass is 459 g/mol. The molecule has 0 atom stereocenters. The van der Waals surface area contributed by atoms with Crippen LogP contribution < -0.4 is 19.5 Å². The highest BCUT2D eigenvalue weighted by Crippen LogP contribution is 2.27. The number of carbonyl (C=O) groups is 1. The topological polar surface area (TPSA) is 103 Å². The van der Waals surface area contributed by atoms with E-state index in [2.05, 4.69) is 15.3 Å². The Morgan fingerprint density at radius 3 is 2.30 bits per heavy atom. The van der Waals surface area contributed by atoms with E-state index in [0.717, 1.165) is 0 Å². The Morgan fingerprint density at radius 1 is 1.09 bits per heavy atom. The van der Waals surface area contributed by atoms with Gasteiger partial charge in [0.25, 0.3) is 0 Å². The number of hydrogen-bond acceptors (Lipinski definition) is 7. The average molecular weight is 459 g/mol. The van der Waals surface area contributed by atoms with Crippen molar-refractivity contribution < 1.29 is 32.9 Å². The molecule has 3 rings (SSSR count). The molecule has 10 heteroatoms. The van der Waals surface area contributed by atoms with Crippen LogP contribution in [0.25, 0.3) is 0 Å². The molecule has 0 amide bonds. The number of rotatable bonds is 9. The number of aryl methyl sites for hydroxylation is 1. The van der Waals surface area contributed by atoms with Crippen molar-refractivity contribution in [3.8, 4) is 17.2 Å². The summed E-state index contributed by atoms with van der Waals surface area (Å²) < 4.78 is 44.5. The molecule has 0 aliphatic rings. The molecule has 0 aliphatic carbocycles. The Morgan fingerprint density at radius 2 is 1.73 bits per heavy atom. The third-order valence-electron chi connectivity index (χ3n) is 4.67. The van der Waals surface area contributed by atoms with Crippen LogP contribution in [0.5, 0.6) is 17.2 Å². The first-order valence-electron chi connectivity index (χ1n) is 9.86. The minimum Gasteiger partial charge on any atom is -0.494 e. The zero-order chi connectivity index (χ0) is 24.2. The number of carboxylic acid groups (broad SMARTS) is 1. The quantitative estimate of drug-likeness (QED) is 0.477. The third-order valence-corrected chi connectivity index (χ3v) is 4.67. The summed E-state index contributed by atoms with van der Waals surface area (Å²) in [6.07, 6.45) is 2.73. The molecule has 0 saturated carbocycles. The highest BCUT2D eigenvalue weighted by Gasteiger charge is 2.29. The van der Waals surface area contributed by atoms with Gasteiger partial charge in [-0.25, -0.2) is 23.5 Å². The van der Waals surface area contributed by atoms with Crippen molar-refractivity contribution in [3.05, 3.63) is 65.5 Å². The van der Waals surface area contributed by atoms with E-state index >= 15 is 0 Å². The van der Waals surface area contributed by atoms with Gasteiger partial charge in [-0.2, -0.15) is 0 Å². The van der Waals surface area contributed by atoms with Gasteiger partial charge in [-0.05, 0) is 56.7 Å². The highest BCUT2D eigenvalue weighted by atomic mass is 19.1. The predicted octanol–water partition coefficient (Wildman–Crippen LogP) is 4.64. The smallest absolute Gasteiger partial charge is 0.347 e. The van der Waals surface area contributed by atoms with Crippen LogP contribution in [0, 0.1) is 18.6 Å². The van der Waals surface area contributed by atoms with Crippen molar-refractivity contribution in [2.45, 2.75) is 33.0 Å². The van der Waals surface area contributed by atoms with Gasteiger partial charge in [-0.15, -0.1) is 0 Å². The SMILES string of the molecule is COc1cc(C)c(F)c(COc2cnc(Nc3ccc(OC(C)(C)C(=O)O)cc3)nc2)c1F. The van der Waals surface area contributed by atoms with Gasteiger partial charge < -0.3 is 24.6 Å². The Labute approximate surface area is 189 Å². The van der Waals surface area contributed by atoms with Crippen LogP contribution in [0.1, 0.15) is 25.0 Å². The zero-order valence-corrected chi connectivity index (χ0v) is 18.5. The van der Waals surface area contributed by atoms with Crippen molar-refractivity contribution in [2.24, 2.45) is 0 Å². The number of benzene rings is 2. The van der Waals surface area contributed by atoms with E-state index in [9.17, 15) is 13.6 Å². The number of aliphatic carboxylic acids is 1. The highest BCUT2D eigenvalue weighted by molar-refractivity contribution is 5.76. The standard InChI is InChI=1S/C23H23F2N3O5/c1-13-9-18(31-4)20(25)17(19(13)24)12-32-16-10-26-22(27-11-16)28-14-5-7-15(8-6-14)33-23(2,3)21(29)30/h5-11H,12H2,1-4H3,(H,29,30)(H,26,27,28). The van der Waals surface area contributed by atoms with Gasteiger partial charge in [0, 0.05) is 5.69 Å². The summed E-state index contributed by atoms with van der Waals surface area (Å²) >= 11 is 0. The Balaban J connectivity index is 1.62. The van der Waals surface area contributed by atoms with Gasteiger partial charge in [0.05, 0.1) is 25.1 Å². The van der Waals surface area contributed by atoms with Crippen LogP contribution in [0.3, 0.4) is 0 Å². The lowest BCUT2D eigenvalue weighted by molar-refractivity contribution is -0.152. The van der Waals surface area contributed by atoms with E-state index in [1.54, 1.807) is 24.3 Å². The molecule has 0 spiro atoms. The first-order chi connectivity index (χ1) is 15.6. The fourth-order valence-electron chi connectivity index (χ4n) is 2.77. The molecule has 8 nitrogen and oxygen atoms in total. The number of anilines is 2. The predicted molar refractivity (Wildman–Crippen MR) is 116 cm³/mol. The first-order valence-corrected chi connectivity index (χ1v) is 9.86. The lowest BCUT2D eigenvalue weighted by atomic mass is 10.1. The van der Waals surface area contributed by atoms with Crippen LogP contribution in [-0.4, -0.2) is 33.8 Å². The molecule has 0 aliphatic heterocycles. The molecule has 0 radical (unpaired) electrons. The second-order valence-electron chi connectivity index (χ2n) is 7.60. The van der Waals surface area contributed by atoms with Gasteiger partial charge >= 0.3 is 5.97 Å². The maximum atomic E-state index is 14.4. The summed E-state index contributed by atoms with van der Waals surface area (Å²) in [5.41, 5.74) is -0.725. The van der Waals surface area contributed by atoms with Crippen LogP contribution in [-0.2, 0) is 11.4 Å². The molecular formula is C23H23F2N3O5. The maximum absolute atomic E-state index is 14.4. The molecule has 2 aromatic carbocycles. The molecule has 0 saturated heterocycles. The molecule has 174 valence electrons. The zero-order valence-electron chi connectivity index (χ0n) is 18.5. The lowest BCUT2D eigenvalue weighted by Crippen LogP contribution is -2.37. The van der Waals surface area contributed by atoms with E-state index < -0.39 is 23.2 Å². The Kier molecular flexibility index (Phi) is 6.95. The number of hydrogen-bond donors (Lipinski definition) is 2. The van der Waals surface area contributed by atoms with Crippen molar-refractivity contribution in [1.82, 2.24) is 9.97 Å². The van der Waals surface area contributed by atoms with Gasteiger partial charge in [0.15, 0.2) is 22.9 Å². The van der Waals surface area contributed by atoms with Gasteiger partial charge in [0.1, 0.15) is 18.2 Å². The van der Waals surface area contributed by atoms with Crippen molar-refractivity contribution >= 4 is 17.6 Å². The van der Waals surface area contributed by atoms with Crippen molar-refractivity contribution in [2.75, 3.05) is 12.4 Å². The van der Waals surface area contributed by atoms with E-state index in [1.165, 1.54) is 46.3 Å². The molecule has 33 heavy (non-hydrogen) atoms. The molecule has 0 unspecified atom stereocenters. The number of methoxy groups -OCH3 is 1. The van der Waals surface area contributed by atoms with Gasteiger partial charge in [-0.1, -0.05) is 0 Å². The minimum atomic E-state index is -1.36. The molecule has 0 bridgehead atoms. The summed E-state index contributed by atoms with van der Waals surface area (Å²) in [4.78, 5) is 19.4. The largest absolute Gasteiger partial charge is 0.494 e. The fourth-order valence-corrected chi connectivity index (χ4v) is 2.77. The molecule has 0 fully saturated rings. The summed E-state index contributed by atoms with van der Waals surface area (Å²) in [6, 6.07) is 7.87. The van der Waals surface area contributed by atoms with Crippen LogP contribution in [0.2, 0.25) is 0 Å². The third kappa shape index (κ3) is 5.65. The lowest BCUT2D eigenvalue weighted by Gasteiger charge is -2.21. The molecular weight excluding hydrogens is 436 g/mol. The maximum Gasteiger partial charge on any atom is 0.347 e. The van der Waals surface area contributed by atoms with Crippen molar-refractivity contribution in [1.29, 1.82) is 0 Å². The van der Waals surface area contributed by atoms with E-state index in [1.807, 2.05) is 0 Å². The number of halogens is 2. The number of nitrogens with zero attached hydrogens (tertiary/aromatic N) is 2. The number of aromatic nitrogens is 2. The van der Waals surface area contributed by atoms with Crippen molar-refractivity contribution in [3.63, 3.8) is 0 Å². The first kappa shape index (κ1) is 23.7. The fraction of sp³-hybridized carbons (Fsp3) is 0.261. The van der Waals surface area contributed by atoms with Crippen LogP contribution in [0.15, 0.2) is 42.7 Å². The summed E-state index contributed by atoms with van der Waals surface area (Å²) in [5.74, 6) is -1.79. The Bertz CT molecular complexity index is 1140. The van der Waals surface area contributed by atoms with Gasteiger partial charge in [0.2, 0.25) is 5.95 Å². The second-order valence-corrected chi connectivity index (χ2v) is 7.60. The van der Waals surface area contributed by atoms with E-state index in [0.29, 0.717) is 11.4 Å². The molecule has 3 aromatic rings. The average Bonchev–Trinajstić information content (AvgIpc) is 2.78. The summed E-state index contributed by atoms with van der Waals surface area (Å²) in [7, 11) is 1.30. The number of ether oxygens (including phenoxy) is 3. The summed E-state index contributed by atoms with van der Waals surface area (Å²) in [5, 5.41) is 12.1. The normalized spacial score (nSPS) is 11.1. The number of nitrogens with one attached hydrogen (secondary N) is 1. The molecule has 1 heterocycles. The Hall–Kier alpha value is -3.95. The minimum absolute atomic E-state index is 0.0637. The second kappa shape index (κ2) is 9.68. The molecule has 2 N–H and O–H groups in total. The van der Waals surface area contributed by atoms with Crippen LogP contribution >= 0.6 is 0 Å². The van der Waals surface area contributed by atoms with Gasteiger partial charge in [-0.3, -0.25) is 0 Å². The van der Waals surface area contributed by atoms with E-state index in [-0.39, 0.29) is 35.2 Å². The molecule has 1 aromatic heterocycles. The van der Waals surface area contributed by atoms with Crippen LogP contribution in [0.4, 0.5) is 20.4 Å². The summed E-state index contributed by atoms with van der Waals surface area (Å²) in [6.45, 7) is 4.06. The number of carboxylic acids is 1. The van der Waals surface area contributed by atoms with E-state index in [4.69, 9.17) is 19.3 Å².